The van der Waals surface area contributed by atoms with Gasteiger partial charge in [0.05, 0.1) is 11.7 Å². The number of nitrogens with zero attached hydrogens (tertiary/aromatic N) is 5. The predicted octanol–water partition coefficient (Wildman–Crippen LogP) is 3.12. The molecule has 0 amide bonds. The summed E-state index contributed by atoms with van der Waals surface area (Å²) >= 11 is 1.61. The first kappa shape index (κ1) is 13.2. The summed E-state index contributed by atoms with van der Waals surface area (Å²) < 4.78 is 7.51. The maximum absolute atomic E-state index is 5.49. The first-order chi connectivity index (χ1) is 10.6. The van der Waals surface area contributed by atoms with Crippen molar-refractivity contribution in [1.29, 1.82) is 0 Å². The van der Waals surface area contributed by atoms with Gasteiger partial charge in [-0.2, -0.15) is 4.98 Å². The minimum absolute atomic E-state index is 0.00149. The molecule has 7 nitrogen and oxygen atoms in total. The van der Waals surface area contributed by atoms with E-state index in [9.17, 15) is 0 Å². The largest absolute Gasteiger partial charge is 0.422 e. The lowest BCUT2D eigenvalue weighted by Gasteiger charge is -2.12. The molecule has 0 radical (unpaired) electrons. The molecule has 4 aromatic rings. The van der Waals surface area contributed by atoms with Crippen LogP contribution in [0.4, 0.5) is 5.82 Å². The highest BCUT2D eigenvalue weighted by Gasteiger charge is 2.16. The number of anilines is 1. The lowest BCUT2D eigenvalue weighted by molar-refractivity contribution is 0.550. The summed E-state index contributed by atoms with van der Waals surface area (Å²) in [6.45, 7) is 5.68. The van der Waals surface area contributed by atoms with Crippen LogP contribution in [0.15, 0.2) is 22.2 Å². The Hall–Kier alpha value is -2.48. The third kappa shape index (κ3) is 2.12. The number of aromatic nitrogens is 5. The van der Waals surface area contributed by atoms with Crippen molar-refractivity contribution in [1.82, 2.24) is 24.3 Å². The molecule has 0 unspecified atom stereocenters. The fraction of sp³-hybridized carbons (Fsp3) is 0.286. The standard InChI is InChI=1S/C14H14N6OS/c1-7(10-6-20-4-5-22-14(20)19-10)15-12-11-13(17-8(2)16-12)21-9(3)18-11/h4-7H,1-3H3,(H,15,16,17)/t7-/m1/s1. The number of hydrogen-bond donors (Lipinski definition) is 1. The van der Waals surface area contributed by atoms with E-state index in [1.54, 1.807) is 18.3 Å². The van der Waals surface area contributed by atoms with Crippen LogP contribution in [0.3, 0.4) is 0 Å². The summed E-state index contributed by atoms with van der Waals surface area (Å²) in [5, 5.41) is 5.37. The van der Waals surface area contributed by atoms with Crippen molar-refractivity contribution in [3.63, 3.8) is 0 Å². The monoisotopic (exact) mass is 314 g/mol. The molecule has 0 aliphatic heterocycles. The quantitative estimate of drug-likeness (QED) is 0.626. The SMILES string of the molecule is Cc1nc(N[C@H](C)c2cn3ccsc3n2)c2nc(C)oc2n1. The highest BCUT2D eigenvalue weighted by atomic mass is 32.1. The first-order valence-corrected chi connectivity index (χ1v) is 7.78. The average Bonchev–Trinajstić information content (AvgIpc) is 3.10. The molecular formula is C14H14N6OS. The van der Waals surface area contributed by atoms with Gasteiger partial charge < -0.3 is 9.73 Å². The molecular weight excluding hydrogens is 300 g/mol. The van der Waals surface area contributed by atoms with Gasteiger partial charge in [0.2, 0.25) is 0 Å². The Morgan fingerprint density at radius 2 is 2.09 bits per heavy atom. The van der Waals surface area contributed by atoms with Crippen molar-refractivity contribution in [2.75, 3.05) is 5.32 Å². The van der Waals surface area contributed by atoms with E-state index in [-0.39, 0.29) is 6.04 Å². The van der Waals surface area contributed by atoms with Crippen LogP contribution in [-0.2, 0) is 0 Å². The molecule has 0 aliphatic rings. The van der Waals surface area contributed by atoms with Crippen molar-refractivity contribution >= 4 is 33.3 Å². The van der Waals surface area contributed by atoms with E-state index in [1.165, 1.54) is 0 Å². The maximum atomic E-state index is 5.49. The predicted molar refractivity (Wildman–Crippen MR) is 84.2 cm³/mol. The number of hydrogen-bond acceptors (Lipinski definition) is 7. The Morgan fingerprint density at radius 3 is 2.91 bits per heavy atom. The minimum atomic E-state index is 0.00149. The van der Waals surface area contributed by atoms with Crippen LogP contribution in [-0.4, -0.2) is 24.3 Å². The zero-order valence-electron chi connectivity index (χ0n) is 12.4. The number of nitrogens with one attached hydrogen (secondary N) is 1. The second kappa shape index (κ2) is 4.77. The molecule has 0 bridgehead atoms. The fourth-order valence-corrected chi connectivity index (χ4v) is 3.07. The van der Waals surface area contributed by atoms with Crippen molar-refractivity contribution < 1.29 is 4.42 Å². The highest BCUT2D eigenvalue weighted by molar-refractivity contribution is 7.15. The second-order valence-electron chi connectivity index (χ2n) is 5.13. The highest BCUT2D eigenvalue weighted by Crippen LogP contribution is 2.25. The van der Waals surface area contributed by atoms with Gasteiger partial charge in [0.15, 0.2) is 22.2 Å². The van der Waals surface area contributed by atoms with Crippen LogP contribution < -0.4 is 5.32 Å². The smallest absolute Gasteiger partial charge is 0.252 e. The average molecular weight is 314 g/mol. The number of rotatable bonds is 3. The molecule has 4 heterocycles. The van der Waals surface area contributed by atoms with Crippen LogP contribution in [0.25, 0.3) is 16.2 Å². The van der Waals surface area contributed by atoms with E-state index < -0.39 is 0 Å². The third-order valence-electron chi connectivity index (χ3n) is 3.39. The van der Waals surface area contributed by atoms with E-state index in [2.05, 4.69) is 25.3 Å². The van der Waals surface area contributed by atoms with Gasteiger partial charge in [-0.15, -0.1) is 11.3 Å². The molecule has 8 heteroatoms. The molecule has 112 valence electrons. The topological polar surface area (TPSA) is 81.1 Å². The van der Waals surface area contributed by atoms with E-state index in [4.69, 9.17) is 4.42 Å². The molecule has 1 N–H and O–H groups in total. The molecule has 0 spiro atoms. The number of aryl methyl sites for hydroxylation is 2. The molecule has 22 heavy (non-hydrogen) atoms. The van der Waals surface area contributed by atoms with Gasteiger partial charge in [-0.25, -0.2) is 15.0 Å². The number of oxazole rings is 1. The van der Waals surface area contributed by atoms with E-state index in [1.807, 2.05) is 36.0 Å². The molecule has 0 aromatic carbocycles. The summed E-state index contributed by atoms with van der Waals surface area (Å²) in [5.41, 5.74) is 2.11. The second-order valence-corrected chi connectivity index (χ2v) is 6.00. The van der Waals surface area contributed by atoms with Crippen LogP contribution in [0.5, 0.6) is 0 Å². The Bertz CT molecular complexity index is 940. The van der Waals surface area contributed by atoms with Crippen molar-refractivity contribution in [3.05, 3.63) is 35.2 Å². The van der Waals surface area contributed by atoms with E-state index >= 15 is 0 Å². The summed E-state index contributed by atoms with van der Waals surface area (Å²) in [7, 11) is 0. The van der Waals surface area contributed by atoms with Gasteiger partial charge in [-0.3, -0.25) is 4.40 Å². The van der Waals surface area contributed by atoms with Crippen molar-refractivity contribution in [2.45, 2.75) is 26.8 Å². The van der Waals surface area contributed by atoms with E-state index in [0.29, 0.717) is 28.8 Å². The molecule has 0 aliphatic carbocycles. The van der Waals surface area contributed by atoms with E-state index in [0.717, 1.165) is 10.7 Å². The minimum Gasteiger partial charge on any atom is -0.422 e. The Labute approximate surface area is 130 Å². The van der Waals surface area contributed by atoms with Gasteiger partial charge in [0.25, 0.3) is 5.71 Å². The Morgan fingerprint density at radius 1 is 1.23 bits per heavy atom. The van der Waals surface area contributed by atoms with Gasteiger partial charge in [0.1, 0.15) is 5.82 Å². The zero-order chi connectivity index (χ0) is 15.3. The van der Waals surface area contributed by atoms with Crippen LogP contribution in [0.2, 0.25) is 0 Å². The third-order valence-corrected chi connectivity index (χ3v) is 4.16. The van der Waals surface area contributed by atoms with Crippen molar-refractivity contribution in [2.24, 2.45) is 0 Å². The van der Waals surface area contributed by atoms with Crippen LogP contribution >= 0.6 is 11.3 Å². The molecule has 0 saturated heterocycles. The van der Waals surface area contributed by atoms with Gasteiger partial charge in [-0.05, 0) is 13.8 Å². The summed E-state index contributed by atoms with van der Waals surface area (Å²) in [6, 6.07) is 0.00149. The molecule has 4 rings (SSSR count). The number of imidazole rings is 1. The maximum Gasteiger partial charge on any atom is 0.252 e. The van der Waals surface area contributed by atoms with Gasteiger partial charge >= 0.3 is 0 Å². The molecule has 0 fully saturated rings. The Balaban J connectivity index is 1.71. The molecule has 1 atom stereocenters. The van der Waals surface area contributed by atoms with Crippen molar-refractivity contribution in [3.8, 4) is 0 Å². The molecule has 4 aromatic heterocycles. The normalized spacial score (nSPS) is 13.0. The first-order valence-electron chi connectivity index (χ1n) is 6.90. The summed E-state index contributed by atoms with van der Waals surface area (Å²) in [6.07, 6.45) is 4.01. The van der Waals surface area contributed by atoms with Gasteiger partial charge in [-0.1, -0.05) is 0 Å². The van der Waals surface area contributed by atoms with Crippen LogP contribution in [0.1, 0.15) is 30.4 Å². The van der Waals surface area contributed by atoms with Gasteiger partial charge in [0, 0.05) is 24.7 Å². The lowest BCUT2D eigenvalue weighted by Crippen LogP contribution is -2.10. The number of fused-ring (bicyclic) bond motifs is 2. The lowest BCUT2D eigenvalue weighted by atomic mass is 10.2. The number of thiazole rings is 1. The fourth-order valence-electron chi connectivity index (χ4n) is 2.37. The summed E-state index contributed by atoms with van der Waals surface area (Å²) in [4.78, 5) is 18.7. The molecule has 0 saturated carbocycles. The Kier molecular flexibility index (Phi) is 2.86. The zero-order valence-corrected chi connectivity index (χ0v) is 13.2. The summed E-state index contributed by atoms with van der Waals surface area (Å²) in [5.74, 6) is 1.89. The van der Waals surface area contributed by atoms with Crippen LogP contribution in [0, 0.1) is 13.8 Å².